The number of anilines is 1. The number of halogens is 3. The minimum absolute atomic E-state index is 0.604. The van der Waals surface area contributed by atoms with Crippen molar-refractivity contribution in [2.45, 2.75) is 6.43 Å². The van der Waals surface area contributed by atoms with Gasteiger partial charge in [-0.05, 0) is 6.07 Å². The van der Waals surface area contributed by atoms with Crippen LogP contribution < -0.4 is 5.73 Å². The molecule has 14 heavy (non-hydrogen) atoms. The number of carboxylic acid groups (broad SMARTS) is 1. The Morgan fingerprint density at radius 2 is 2.14 bits per heavy atom. The van der Waals surface area contributed by atoms with E-state index < -0.39 is 35.3 Å². The molecule has 4 nitrogen and oxygen atoms in total. The van der Waals surface area contributed by atoms with Crippen LogP contribution in [0.3, 0.4) is 0 Å². The van der Waals surface area contributed by atoms with E-state index in [-0.39, 0.29) is 0 Å². The van der Waals surface area contributed by atoms with Crippen molar-refractivity contribution in [1.82, 2.24) is 4.98 Å². The number of hydrogen-bond donors (Lipinski definition) is 2. The first-order valence-corrected chi connectivity index (χ1v) is 3.41. The van der Waals surface area contributed by atoms with Crippen molar-refractivity contribution in [2.24, 2.45) is 0 Å². The average molecular weight is 206 g/mol. The molecule has 0 aliphatic carbocycles. The molecule has 1 aromatic rings. The van der Waals surface area contributed by atoms with Crippen molar-refractivity contribution in [1.29, 1.82) is 0 Å². The topological polar surface area (TPSA) is 76.2 Å². The lowest BCUT2D eigenvalue weighted by molar-refractivity contribution is 0.0683. The van der Waals surface area contributed by atoms with Gasteiger partial charge in [0.15, 0.2) is 11.5 Å². The van der Waals surface area contributed by atoms with Crippen molar-refractivity contribution < 1.29 is 23.1 Å². The number of nitrogens with zero attached hydrogens (tertiary/aromatic N) is 1. The van der Waals surface area contributed by atoms with Gasteiger partial charge in [0.1, 0.15) is 5.69 Å². The van der Waals surface area contributed by atoms with Crippen molar-refractivity contribution >= 4 is 11.7 Å². The zero-order chi connectivity index (χ0) is 10.9. The van der Waals surface area contributed by atoms with E-state index in [0.717, 1.165) is 0 Å². The number of nitrogens with two attached hydrogens (primary N) is 1. The number of hydrogen-bond acceptors (Lipinski definition) is 3. The molecule has 0 radical (unpaired) electrons. The van der Waals surface area contributed by atoms with Gasteiger partial charge in [0, 0.05) is 0 Å². The summed E-state index contributed by atoms with van der Waals surface area (Å²) in [6.45, 7) is 0. The Hall–Kier alpha value is -1.79. The quantitative estimate of drug-likeness (QED) is 0.767. The zero-order valence-corrected chi connectivity index (χ0v) is 6.67. The fraction of sp³-hybridized carbons (Fsp3) is 0.143. The molecule has 0 bridgehead atoms. The number of alkyl halides is 2. The van der Waals surface area contributed by atoms with Crippen LogP contribution in [0.2, 0.25) is 0 Å². The fourth-order valence-corrected chi connectivity index (χ4v) is 0.823. The first-order valence-electron chi connectivity index (χ1n) is 3.41. The second-order valence-corrected chi connectivity index (χ2v) is 2.40. The maximum absolute atomic E-state index is 12.9. The van der Waals surface area contributed by atoms with Gasteiger partial charge in [-0.1, -0.05) is 0 Å². The number of carboxylic acids is 1. The monoisotopic (exact) mass is 206 g/mol. The van der Waals surface area contributed by atoms with Crippen LogP contribution in [0.25, 0.3) is 0 Å². The van der Waals surface area contributed by atoms with Crippen LogP contribution in [-0.2, 0) is 0 Å². The summed E-state index contributed by atoms with van der Waals surface area (Å²) in [4.78, 5) is 13.3. The molecule has 0 aliphatic heterocycles. The normalized spacial score (nSPS) is 10.6. The summed E-state index contributed by atoms with van der Waals surface area (Å²) in [5.41, 5.74) is 2.37. The van der Waals surface area contributed by atoms with Crippen molar-refractivity contribution in [3.63, 3.8) is 0 Å². The Balaban J connectivity index is 3.35. The van der Waals surface area contributed by atoms with Gasteiger partial charge in [-0.3, -0.25) is 0 Å². The Bertz CT molecular complexity index is 381. The van der Waals surface area contributed by atoms with Crippen LogP contribution in [-0.4, -0.2) is 16.1 Å². The molecule has 0 unspecified atom stereocenters. The molecule has 3 N–H and O–H groups in total. The van der Waals surface area contributed by atoms with Gasteiger partial charge in [0.05, 0.1) is 5.69 Å². The minimum Gasteiger partial charge on any atom is -0.476 e. The van der Waals surface area contributed by atoms with E-state index >= 15 is 0 Å². The van der Waals surface area contributed by atoms with Crippen LogP contribution in [0.15, 0.2) is 6.07 Å². The van der Waals surface area contributed by atoms with Gasteiger partial charge < -0.3 is 10.8 Å². The lowest BCUT2D eigenvalue weighted by Gasteiger charge is -2.04. The number of aromatic carboxylic acids is 1. The predicted molar refractivity (Wildman–Crippen MR) is 40.5 cm³/mol. The Morgan fingerprint density at radius 1 is 1.57 bits per heavy atom. The number of aromatic nitrogens is 1. The molecule has 0 spiro atoms. The van der Waals surface area contributed by atoms with E-state index in [2.05, 4.69) is 4.98 Å². The van der Waals surface area contributed by atoms with Gasteiger partial charge in [-0.25, -0.2) is 22.9 Å². The SMILES string of the molecule is Nc1cc(C(F)F)nc(C(=O)O)c1F. The molecule has 76 valence electrons. The first-order chi connectivity index (χ1) is 6.43. The number of pyridine rings is 1. The van der Waals surface area contributed by atoms with Gasteiger partial charge in [-0.15, -0.1) is 0 Å². The molecule has 1 rings (SSSR count). The van der Waals surface area contributed by atoms with Gasteiger partial charge >= 0.3 is 5.97 Å². The average Bonchev–Trinajstić information content (AvgIpc) is 2.08. The molecule has 0 saturated heterocycles. The fourth-order valence-electron chi connectivity index (χ4n) is 0.823. The third-order valence-corrected chi connectivity index (χ3v) is 1.43. The lowest BCUT2D eigenvalue weighted by atomic mass is 10.2. The summed E-state index contributed by atoms with van der Waals surface area (Å²) < 4.78 is 37.1. The highest BCUT2D eigenvalue weighted by Crippen LogP contribution is 2.22. The third kappa shape index (κ3) is 1.76. The molecule has 0 aromatic carbocycles. The van der Waals surface area contributed by atoms with Crippen LogP contribution in [0.4, 0.5) is 18.9 Å². The molecule has 7 heteroatoms. The second kappa shape index (κ2) is 3.52. The molecule has 0 fully saturated rings. The largest absolute Gasteiger partial charge is 0.476 e. The maximum Gasteiger partial charge on any atom is 0.357 e. The summed E-state index contributed by atoms with van der Waals surface area (Å²) in [6.07, 6.45) is -2.99. The predicted octanol–water partition coefficient (Wildman–Crippen LogP) is 1.44. The minimum atomic E-state index is -2.99. The molecular formula is C7H5F3N2O2. The molecule has 0 amide bonds. The van der Waals surface area contributed by atoms with Crippen molar-refractivity contribution in [2.75, 3.05) is 5.73 Å². The third-order valence-electron chi connectivity index (χ3n) is 1.43. The summed E-state index contributed by atoms with van der Waals surface area (Å²) in [6, 6.07) is 0.604. The van der Waals surface area contributed by atoms with E-state index in [0.29, 0.717) is 6.07 Å². The standard InChI is InChI=1S/C7H5F3N2O2/c8-4-2(11)1-3(6(9)10)12-5(4)7(13)14/h1,6H,(H2,11,12)(H,13,14). The van der Waals surface area contributed by atoms with E-state index in [1.54, 1.807) is 0 Å². The molecule has 0 saturated carbocycles. The van der Waals surface area contributed by atoms with Crippen LogP contribution in [0.5, 0.6) is 0 Å². The number of nitrogen functional groups attached to an aromatic ring is 1. The molecule has 1 aromatic heterocycles. The van der Waals surface area contributed by atoms with Crippen LogP contribution in [0, 0.1) is 5.82 Å². The van der Waals surface area contributed by atoms with Crippen LogP contribution >= 0.6 is 0 Å². The number of carbonyl (C=O) groups is 1. The highest BCUT2D eigenvalue weighted by atomic mass is 19.3. The van der Waals surface area contributed by atoms with E-state index in [9.17, 15) is 18.0 Å². The summed E-state index contributed by atoms with van der Waals surface area (Å²) >= 11 is 0. The van der Waals surface area contributed by atoms with Gasteiger partial charge in [-0.2, -0.15) is 0 Å². The van der Waals surface area contributed by atoms with E-state index in [1.807, 2.05) is 0 Å². The highest BCUT2D eigenvalue weighted by Gasteiger charge is 2.20. The van der Waals surface area contributed by atoms with Crippen LogP contribution in [0.1, 0.15) is 22.6 Å². The summed E-state index contributed by atoms with van der Waals surface area (Å²) in [5.74, 6) is -3.04. The summed E-state index contributed by atoms with van der Waals surface area (Å²) in [5, 5.41) is 8.39. The second-order valence-electron chi connectivity index (χ2n) is 2.40. The smallest absolute Gasteiger partial charge is 0.357 e. The van der Waals surface area contributed by atoms with Crippen molar-refractivity contribution in [3.05, 3.63) is 23.3 Å². The Morgan fingerprint density at radius 3 is 2.57 bits per heavy atom. The highest BCUT2D eigenvalue weighted by molar-refractivity contribution is 5.86. The maximum atomic E-state index is 12.9. The lowest BCUT2D eigenvalue weighted by Crippen LogP contribution is -2.09. The van der Waals surface area contributed by atoms with Gasteiger partial charge in [0.2, 0.25) is 0 Å². The van der Waals surface area contributed by atoms with E-state index in [1.165, 1.54) is 0 Å². The summed E-state index contributed by atoms with van der Waals surface area (Å²) in [7, 11) is 0. The Labute approximate surface area is 76.2 Å². The van der Waals surface area contributed by atoms with E-state index in [4.69, 9.17) is 10.8 Å². The molecule has 0 atom stereocenters. The zero-order valence-electron chi connectivity index (χ0n) is 6.67. The molecule has 1 heterocycles. The molecular weight excluding hydrogens is 201 g/mol. The Kier molecular flexibility index (Phi) is 2.59. The number of rotatable bonds is 2. The van der Waals surface area contributed by atoms with Gasteiger partial charge in [0.25, 0.3) is 6.43 Å². The van der Waals surface area contributed by atoms with Crippen molar-refractivity contribution in [3.8, 4) is 0 Å². The first kappa shape index (κ1) is 10.3. The molecule has 0 aliphatic rings.